The number of aromatic nitrogens is 2. The molecule has 20 heavy (non-hydrogen) atoms. The topological polar surface area (TPSA) is 60.7 Å². The average Bonchev–Trinajstić information content (AvgIpc) is 2.80. The second kappa shape index (κ2) is 5.44. The summed E-state index contributed by atoms with van der Waals surface area (Å²) in [5.74, 6) is 0.752. The van der Waals surface area contributed by atoms with Crippen LogP contribution in [0.15, 0.2) is 23.0 Å². The number of imidazole rings is 1. The van der Waals surface area contributed by atoms with Crippen molar-refractivity contribution in [3.8, 4) is 0 Å². The van der Waals surface area contributed by atoms with E-state index in [9.17, 15) is 4.79 Å². The second-order valence-electron chi connectivity index (χ2n) is 6.14. The lowest BCUT2D eigenvalue weighted by atomic mass is 9.85. The van der Waals surface area contributed by atoms with E-state index in [-0.39, 0.29) is 5.69 Å². The fourth-order valence-electron chi connectivity index (χ4n) is 3.30. The highest BCUT2D eigenvalue weighted by molar-refractivity contribution is 5.75. The maximum Gasteiger partial charge on any atom is 0.323 e. The first-order valence-corrected chi connectivity index (χ1v) is 7.61. The molecule has 3 atom stereocenters. The van der Waals surface area contributed by atoms with Crippen molar-refractivity contribution >= 4 is 11.0 Å². The molecule has 1 saturated carbocycles. The van der Waals surface area contributed by atoms with E-state index in [1.54, 1.807) is 0 Å². The highest BCUT2D eigenvalue weighted by Crippen LogP contribution is 2.26. The summed E-state index contributed by atoms with van der Waals surface area (Å²) in [5.41, 5.74) is 2.85. The molecule has 0 bridgehead atoms. The summed E-state index contributed by atoms with van der Waals surface area (Å²) in [6, 6.07) is 7.06. The average molecular weight is 273 g/mol. The van der Waals surface area contributed by atoms with E-state index in [0.717, 1.165) is 17.0 Å². The molecule has 0 spiro atoms. The van der Waals surface area contributed by atoms with Crippen molar-refractivity contribution in [3.63, 3.8) is 0 Å². The smallest absolute Gasteiger partial charge is 0.307 e. The van der Waals surface area contributed by atoms with Crippen molar-refractivity contribution < 1.29 is 0 Å². The Hall–Kier alpha value is -1.55. The van der Waals surface area contributed by atoms with Gasteiger partial charge in [0.05, 0.1) is 11.0 Å². The molecule has 3 N–H and O–H groups in total. The summed E-state index contributed by atoms with van der Waals surface area (Å²) in [5, 5.41) is 3.75. The lowest BCUT2D eigenvalue weighted by Gasteiger charge is -2.32. The summed E-state index contributed by atoms with van der Waals surface area (Å²) >= 11 is 0. The monoisotopic (exact) mass is 273 g/mol. The number of aromatic amines is 2. The van der Waals surface area contributed by atoms with Gasteiger partial charge in [-0.2, -0.15) is 0 Å². The molecular formula is C16H23N3O. The molecule has 1 fully saturated rings. The fourth-order valence-corrected chi connectivity index (χ4v) is 3.30. The molecule has 1 aliphatic rings. The molecule has 2 aromatic rings. The van der Waals surface area contributed by atoms with Gasteiger partial charge in [0, 0.05) is 12.1 Å². The maximum atomic E-state index is 11.3. The molecule has 0 amide bonds. The van der Waals surface area contributed by atoms with Crippen LogP contribution in [0.1, 0.15) is 51.1 Å². The molecule has 108 valence electrons. The van der Waals surface area contributed by atoms with Crippen LogP contribution in [0.5, 0.6) is 0 Å². The van der Waals surface area contributed by atoms with E-state index in [2.05, 4.69) is 41.3 Å². The van der Waals surface area contributed by atoms with Crippen molar-refractivity contribution in [1.82, 2.24) is 15.3 Å². The van der Waals surface area contributed by atoms with Crippen LogP contribution in [0.25, 0.3) is 11.0 Å². The van der Waals surface area contributed by atoms with Gasteiger partial charge in [-0.25, -0.2) is 4.79 Å². The molecule has 4 nitrogen and oxygen atoms in total. The van der Waals surface area contributed by atoms with Gasteiger partial charge in [-0.15, -0.1) is 0 Å². The Morgan fingerprint density at radius 2 is 1.95 bits per heavy atom. The summed E-state index contributed by atoms with van der Waals surface area (Å²) in [6.07, 6.45) is 5.30. The molecular weight excluding hydrogens is 250 g/mol. The molecule has 0 aliphatic heterocycles. The highest BCUT2D eigenvalue weighted by Gasteiger charge is 2.22. The lowest BCUT2D eigenvalue weighted by Crippen LogP contribution is -2.38. The second-order valence-corrected chi connectivity index (χ2v) is 6.14. The largest absolute Gasteiger partial charge is 0.323 e. The minimum absolute atomic E-state index is 0.140. The number of rotatable bonds is 3. The number of nitrogens with one attached hydrogen (secondary N) is 3. The van der Waals surface area contributed by atoms with Gasteiger partial charge in [-0.1, -0.05) is 25.8 Å². The molecule has 1 aliphatic carbocycles. The number of hydrogen-bond donors (Lipinski definition) is 3. The van der Waals surface area contributed by atoms with Crippen molar-refractivity contribution in [2.75, 3.05) is 0 Å². The first-order valence-electron chi connectivity index (χ1n) is 7.61. The van der Waals surface area contributed by atoms with Crippen LogP contribution in [0.2, 0.25) is 0 Å². The van der Waals surface area contributed by atoms with Crippen LogP contribution in [0.3, 0.4) is 0 Å². The Morgan fingerprint density at radius 3 is 2.75 bits per heavy atom. The molecule has 0 saturated heterocycles. The molecule has 1 aromatic heterocycles. The zero-order chi connectivity index (χ0) is 14.1. The Bertz CT molecular complexity index is 642. The zero-order valence-electron chi connectivity index (χ0n) is 12.2. The predicted molar refractivity (Wildman–Crippen MR) is 81.9 cm³/mol. The van der Waals surface area contributed by atoms with Crippen molar-refractivity contribution in [3.05, 3.63) is 34.2 Å². The van der Waals surface area contributed by atoms with Gasteiger partial charge in [0.25, 0.3) is 0 Å². The maximum absolute atomic E-state index is 11.3. The van der Waals surface area contributed by atoms with Crippen LogP contribution in [-0.4, -0.2) is 16.0 Å². The fraction of sp³-hybridized carbons (Fsp3) is 0.562. The van der Waals surface area contributed by atoms with E-state index < -0.39 is 0 Å². The van der Waals surface area contributed by atoms with Crippen LogP contribution >= 0.6 is 0 Å². The minimum atomic E-state index is -0.140. The zero-order valence-corrected chi connectivity index (χ0v) is 12.2. The van der Waals surface area contributed by atoms with Gasteiger partial charge in [0.15, 0.2) is 0 Å². The Balaban J connectivity index is 1.77. The first-order chi connectivity index (χ1) is 9.63. The molecule has 1 heterocycles. The number of fused-ring (bicyclic) bond motifs is 1. The van der Waals surface area contributed by atoms with Crippen molar-refractivity contribution in [2.24, 2.45) is 5.92 Å². The van der Waals surface area contributed by atoms with E-state index in [0.29, 0.717) is 12.1 Å². The van der Waals surface area contributed by atoms with Crippen LogP contribution in [0, 0.1) is 5.92 Å². The van der Waals surface area contributed by atoms with Gasteiger partial charge in [0.2, 0.25) is 0 Å². The van der Waals surface area contributed by atoms with E-state index in [4.69, 9.17) is 0 Å². The van der Waals surface area contributed by atoms with Crippen LogP contribution < -0.4 is 11.0 Å². The summed E-state index contributed by atoms with van der Waals surface area (Å²) in [6.45, 7) is 4.55. The van der Waals surface area contributed by atoms with E-state index in [1.807, 2.05) is 6.07 Å². The Labute approximate surface area is 119 Å². The van der Waals surface area contributed by atoms with Crippen LogP contribution in [-0.2, 0) is 0 Å². The summed E-state index contributed by atoms with van der Waals surface area (Å²) in [7, 11) is 0. The molecule has 3 unspecified atom stereocenters. The van der Waals surface area contributed by atoms with Gasteiger partial charge >= 0.3 is 5.69 Å². The standard InChI is InChI=1S/C16H23N3O/c1-10-5-3-4-6-13(10)17-11(2)12-7-8-14-15(9-12)19-16(20)18-14/h7-11,13,17H,3-6H2,1-2H3,(H2,18,19,20). The van der Waals surface area contributed by atoms with E-state index in [1.165, 1.54) is 31.2 Å². The molecule has 1 aromatic carbocycles. The lowest BCUT2D eigenvalue weighted by molar-refractivity contribution is 0.263. The van der Waals surface area contributed by atoms with Crippen molar-refractivity contribution in [1.29, 1.82) is 0 Å². The van der Waals surface area contributed by atoms with Gasteiger partial charge in [0.1, 0.15) is 0 Å². The SMILES string of the molecule is CC(NC1CCCCC1C)c1ccc2[nH]c(=O)[nH]c2c1. The quantitative estimate of drug-likeness (QED) is 0.804. The number of benzene rings is 1. The van der Waals surface area contributed by atoms with Gasteiger partial charge in [-0.3, -0.25) is 0 Å². The molecule has 4 heteroatoms. The normalized spacial score (nSPS) is 24.9. The number of H-pyrrole nitrogens is 2. The number of hydrogen-bond acceptors (Lipinski definition) is 2. The summed E-state index contributed by atoms with van der Waals surface area (Å²) < 4.78 is 0. The third-order valence-electron chi connectivity index (χ3n) is 4.62. The summed E-state index contributed by atoms with van der Waals surface area (Å²) in [4.78, 5) is 16.9. The van der Waals surface area contributed by atoms with E-state index >= 15 is 0 Å². The van der Waals surface area contributed by atoms with Crippen LogP contribution in [0.4, 0.5) is 0 Å². The predicted octanol–water partition coefficient (Wildman–Crippen LogP) is 3.09. The minimum Gasteiger partial charge on any atom is -0.307 e. The third kappa shape index (κ3) is 2.66. The highest BCUT2D eigenvalue weighted by atomic mass is 16.1. The first kappa shape index (κ1) is 13.4. The Kier molecular flexibility index (Phi) is 3.66. The van der Waals surface area contributed by atoms with Gasteiger partial charge in [-0.05, 0) is 43.4 Å². The van der Waals surface area contributed by atoms with Gasteiger partial charge < -0.3 is 15.3 Å². The molecule has 3 rings (SSSR count). The Morgan fingerprint density at radius 1 is 1.20 bits per heavy atom. The molecule has 0 radical (unpaired) electrons. The third-order valence-corrected chi connectivity index (χ3v) is 4.62. The van der Waals surface area contributed by atoms with Crippen molar-refractivity contribution in [2.45, 2.75) is 51.6 Å².